The van der Waals surface area contributed by atoms with Crippen LogP contribution in [-0.4, -0.2) is 89.3 Å². The van der Waals surface area contributed by atoms with Gasteiger partial charge in [-0.3, -0.25) is 14.4 Å². The van der Waals surface area contributed by atoms with Gasteiger partial charge >= 0.3 is 0 Å². The van der Waals surface area contributed by atoms with E-state index in [9.17, 15) is 14.4 Å². The third kappa shape index (κ3) is 4.46. The summed E-state index contributed by atoms with van der Waals surface area (Å²) in [6.45, 7) is 6.23. The van der Waals surface area contributed by atoms with Gasteiger partial charge in [-0.2, -0.15) is 4.37 Å². The molecule has 2 saturated heterocycles. The van der Waals surface area contributed by atoms with E-state index in [2.05, 4.69) is 4.37 Å². The summed E-state index contributed by atoms with van der Waals surface area (Å²) in [5, 5.41) is 0.894. The topological polar surface area (TPSA) is 83.1 Å². The van der Waals surface area contributed by atoms with Crippen molar-refractivity contribution < 1.29 is 19.1 Å². The van der Waals surface area contributed by atoms with E-state index < -0.39 is 0 Å². The molecule has 3 heterocycles. The van der Waals surface area contributed by atoms with Gasteiger partial charge in [-0.15, -0.1) is 0 Å². The van der Waals surface area contributed by atoms with Crippen LogP contribution in [-0.2, 0) is 14.3 Å². The normalized spacial score (nSPS) is 17.4. The van der Waals surface area contributed by atoms with Gasteiger partial charge in [0.2, 0.25) is 11.8 Å². The van der Waals surface area contributed by atoms with Gasteiger partial charge in [0.15, 0.2) is 0 Å². The fraction of sp³-hybridized carbons (Fsp3) is 0.524. The Morgan fingerprint density at radius 1 is 0.933 bits per heavy atom. The first-order chi connectivity index (χ1) is 14.5. The summed E-state index contributed by atoms with van der Waals surface area (Å²) in [7, 11) is 0. The summed E-state index contributed by atoms with van der Waals surface area (Å²) in [5.74, 6) is -0.106. The first kappa shape index (κ1) is 20.7. The Labute approximate surface area is 179 Å². The van der Waals surface area contributed by atoms with Gasteiger partial charge in [0.1, 0.15) is 5.69 Å². The van der Waals surface area contributed by atoms with Crippen molar-refractivity contribution >= 4 is 39.3 Å². The fourth-order valence-corrected chi connectivity index (χ4v) is 4.61. The van der Waals surface area contributed by atoms with Crippen LogP contribution in [0.4, 0.5) is 0 Å². The van der Waals surface area contributed by atoms with E-state index in [0.717, 1.165) is 15.6 Å². The average molecular weight is 431 g/mol. The molecule has 0 saturated carbocycles. The molecule has 30 heavy (non-hydrogen) atoms. The van der Waals surface area contributed by atoms with Gasteiger partial charge in [-0.25, -0.2) is 0 Å². The number of aryl methyl sites for hydroxylation is 1. The zero-order valence-electron chi connectivity index (χ0n) is 17.1. The molecule has 3 amide bonds. The number of piperazine rings is 1. The minimum absolute atomic E-state index is 0.00571. The Morgan fingerprint density at radius 2 is 1.53 bits per heavy atom. The molecule has 0 bridgehead atoms. The van der Waals surface area contributed by atoms with Gasteiger partial charge in [0.25, 0.3) is 5.91 Å². The number of morpholine rings is 1. The summed E-state index contributed by atoms with van der Waals surface area (Å²) >= 11 is 1.34. The maximum atomic E-state index is 13.0. The standard InChI is InChI=1S/C21H26N4O4S/c1-15-2-3-17-16(14-15)20(22-30-17)21(28)25-8-6-23(7-9-25)18(26)4-5-19(27)24-10-12-29-13-11-24/h2-3,14H,4-13H2,1H3. The number of ether oxygens (including phenoxy) is 1. The zero-order valence-corrected chi connectivity index (χ0v) is 17.9. The molecule has 1 aromatic heterocycles. The maximum Gasteiger partial charge on any atom is 0.274 e. The molecule has 8 nitrogen and oxygen atoms in total. The van der Waals surface area contributed by atoms with E-state index in [4.69, 9.17) is 4.74 Å². The molecule has 2 fully saturated rings. The number of benzene rings is 1. The third-order valence-electron chi connectivity index (χ3n) is 5.66. The third-order valence-corrected chi connectivity index (χ3v) is 6.49. The Morgan fingerprint density at radius 3 is 2.20 bits per heavy atom. The van der Waals surface area contributed by atoms with Crippen molar-refractivity contribution in [1.82, 2.24) is 19.1 Å². The monoisotopic (exact) mass is 430 g/mol. The fourth-order valence-electron chi connectivity index (χ4n) is 3.86. The van der Waals surface area contributed by atoms with E-state index in [1.165, 1.54) is 11.5 Å². The second-order valence-electron chi connectivity index (χ2n) is 7.70. The van der Waals surface area contributed by atoms with E-state index in [0.29, 0.717) is 58.2 Å². The van der Waals surface area contributed by atoms with Gasteiger partial charge in [-0.1, -0.05) is 11.6 Å². The molecule has 2 aliphatic rings. The van der Waals surface area contributed by atoms with Crippen LogP contribution in [0.1, 0.15) is 28.9 Å². The number of fused-ring (bicyclic) bond motifs is 1. The molecule has 2 aromatic rings. The van der Waals surface area contributed by atoms with E-state index in [-0.39, 0.29) is 30.6 Å². The first-order valence-electron chi connectivity index (χ1n) is 10.3. The summed E-state index contributed by atoms with van der Waals surface area (Å²) in [4.78, 5) is 43.0. The predicted octanol–water partition coefficient (Wildman–Crippen LogP) is 1.53. The SMILES string of the molecule is Cc1ccc2snc(C(=O)N3CCN(C(=O)CCC(=O)N4CCOCC4)CC3)c2c1. The Hall–Kier alpha value is -2.52. The molecule has 4 rings (SSSR count). The summed E-state index contributed by atoms with van der Waals surface area (Å²) in [6, 6.07) is 6.01. The van der Waals surface area contributed by atoms with Crippen LogP contribution in [0.2, 0.25) is 0 Å². The molecule has 2 aliphatic heterocycles. The predicted molar refractivity (Wildman–Crippen MR) is 113 cm³/mol. The molecule has 0 aliphatic carbocycles. The molecular formula is C21H26N4O4S. The molecule has 9 heteroatoms. The smallest absolute Gasteiger partial charge is 0.274 e. The molecule has 1 aromatic carbocycles. The number of carbonyl (C=O) groups excluding carboxylic acids is 3. The van der Waals surface area contributed by atoms with Gasteiger partial charge in [0.05, 0.1) is 17.9 Å². The van der Waals surface area contributed by atoms with Crippen molar-refractivity contribution in [3.63, 3.8) is 0 Å². The van der Waals surface area contributed by atoms with Crippen LogP contribution in [0, 0.1) is 6.92 Å². The minimum atomic E-state index is -0.0820. The van der Waals surface area contributed by atoms with Crippen LogP contribution >= 0.6 is 11.5 Å². The van der Waals surface area contributed by atoms with Crippen molar-refractivity contribution in [2.24, 2.45) is 0 Å². The van der Waals surface area contributed by atoms with Crippen LogP contribution in [0.5, 0.6) is 0 Å². The molecule has 160 valence electrons. The van der Waals surface area contributed by atoms with Crippen LogP contribution in [0.25, 0.3) is 10.1 Å². The quantitative estimate of drug-likeness (QED) is 0.735. The number of rotatable bonds is 4. The van der Waals surface area contributed by atoms with Crippen LogP contribution in [0.15, 0.2) is 18.2 Å². The number of hydrogen-bond acceptors (Lipinski definition) is 6. The van der Waals surface area contributed by atoms with Gasteiger partial charge in [-0.05, 0) is 30.6 Å². The number of carbonyl (C=O) groups is 3. The lowest BCUT2D eigenvalue weighted by Crippen LogP contribution is -2.50. The van der Waals surface area contributed by atoms with Crippen molar-refractivity contribution in [2.75, 3.05) is 52.5 Å². The lowest BCUT2D eigenvalue weighted by Gasteiger charge is -2.34. The Kier molecular flexibility index (Phi) is 6.29. The largest absolute Gasteiger partial charge is 0.378 e. The highest BCUT2D eigenvalue weighted by molar-refractivity contribution is 7.13. The van der Waals surface area contributed by atoms with Gasteiger partial charge in [0, 0.05) is 57.5 Å². The summed E-state index contributed by atoms with van der Waals surface area (Å²) in [5.41, 5.74) is 1.59. The maximum absolute atomic E-state index is 13.0. The van der Waals surface area contributed by atoms with Gasteiger partial charge < -0.3 is 19.4 Å². The van der Waals surface area contributed by atoms with Crippen molar-refractivity contribution in [3.8, 4) is 0 Å². The molecule has 0 radical (unpaired) electrons. The number of aromatic nitrogens is 1. The molecular weight excluding hydrogens is 404 g/mol. The molecule has 0 atom stereocenters. The Bertz CT molecular complexity index is 946. The van der Waals surface area contributed by atoms with Crippen molar-refractivity contribution in [1.29, 1.82) is 0 Å². The zero-order chi connectivity index (χ0) is 21.1. The minimum Gasteiger partial charge on any atom is -0.378 e. The lowest BCUT2D eigenvalue weighted by atomic mass is 10.1. The first-order valence-corrected chi connectivity index (χ1v) is 11.1. The van der Waals surface area contributed by atoms with E-state index in [1.807, 2.05) is 25.1 Å². The van der Waals surface area contributed by atoms with Crippen LogP contribution in [0.3, 0.4) is 0 Å². The highest BCUT2D eigenvalue weighted by Crippen LogP contribution is 2.25. The highest BCUT2D eigenvalue weighted by atomic mass is 32.1. The van der Waals surface area contributed by atoms with E-state index in [1.54, 1.807) is 14.7 Å². The second kappa shape index (κ2) is 9.09. The average Bonchev–Trinajstić information content (AvgIpc) is 3.20. The summed E-state index contributed by atoms with van der Waals surface area (Å²) in [6.07, 6.45) is 0.433. The number of nitrogens with zero attached hydrogens (tertiary/aromatic N) is 4. The molecule has 0 N–H and O–H groups in total. The summed E-state index contributed by atoms with van der Waals surface area (Å²) < 4.78 is 10.6. The highest BCUT2D eigenvalue weighted by Gasteiger charge is 2.27. The number of amides is 3. The number of hydrogen-bond donors (Lipinski definition) is 0. The van der Waals surface area contributed by atoms with Crippen molar-refractivity contribution in [2.45, 2.75) is 19.8 Å². The van der Waals surface area contributed by atoms with E-state index >= 15 is 0 Å². The van der Waals surface area contributed by atoms with Crippen LogP contribution < -0.4 is 0 Å². The van der Waals surface area contributed by atoms with Crippen molar-refractivity contribution in [3.05, 3.63) is 29.5 Å². The second-order valence-corrected chi connectivity index (χ2v) is 8.50. The Balaban J connectivity index is 1.28. The molecule has 0 spiro atoms. The molecule has 0 unspecified atom stereocenters. The lowest BCUT2D eigenvalue weighted by molar-refractivity contribution is -0.140.